The quantitative estimate of drug-likeness (QED) is 0.524. The van der Waals surface area contributed by atoms with Crippen molar-refractivity contribution in [1.82, 2.24) is 0 Å². The smallest absolute Gasteiger partial charge is 0.115 e. The molecule has 0 bridgehead atoms. The van der Waals surface area contributed by atoms with Crippen molar-refractivity contribution in [2.24, 2.45) is 0 Å². The molecule has 0 saturated carbocycles. The fraction of sp³-hybridized carbons (Fsp3) is 0.182. The summed E-state index contributed by atoms with van der Waals surface area (Å²) in [5.74, 6) is 0. The lowest BCUT2D eigenvalue weighted by molar-refractivity contribution is 0.204. The average Bonchev–Trinajstić information content (AvgIpc) is 2.52. The van der Waals surface area contributed by atoms with Gasteiger partial charge < -0.3 is 4.74 Å². The molecule has 1 heteroatoms. The van der Waals surface area contributed by atoms with Gasteiger partial charge in [0, 0.05) is 0 Å². The first kappa shape index (κ1) is 6.44. The third-order valence-corrected chi connectivity index (χ3v) is 2.50. The van der Waals surface area contributed by atoms with Crippen molar-refractivity contribution in [3.8, 4) is 0 Å². The van der Waals surface area contributed by atoms with Crippen LogP contribution in [-0.2, 0) is 4.74 Å². The molecule has 0 fully saturated rings. The topological polar surface area (TPSA) is 9.23 Å². The van der Waals surface area contributed by atoms with E-state index in [0.29, 0.717) is 0 Å². The largest absolute Gasteiger partial charge is 0.358 e. The normalized spacial score (nSPS) is 30.7. The van der Waals surface area contributed by atoms with Gasteiger partial charge in [0.25, 0.3) is 0 Å². The minimum absolute atomic E-state index is 0.199. The minimum atomic E-state index is 0.199. The Morgan fingerprint density at radius 2 is 2.42 bits per heavy atom. The Morgan fingerprint density at radius 1 is 1.42 bits per heavy atom. The molecule has 0 amide bonds. The number of rotatable bonds is 0. The minimum Gasteiger partial charge on any atom is -0.358 e. The molecule has 1 atom stereocenters. The fourth-order valence-electron chi connectivity index (χ4n) is 1.93. The molecule has 0 saturated heterocycles. The fourth-order valence-corrected chi connectivity index (χ4v) is 1.93. The Hall–Kier alpha value is -1.08. The van der Waals surface area contributed by atoms with E-state index in [9.17, 15) is 0 Å². The summed E-state index contributed by atoms with van der Waals surface area (Å²) in [5, 5.41) is 0. The van der Waals surface area contributed by atoms with E-state index in [2.05, 4.69) is 30.4 Å². The van der Waals surface area contributed by atoms with Crippen molar-refractivity contribution in [2.75, 3.05) is 0 Å². The Labute approximate surface area is 71.7 Å². The van der Waals surface area contributed by atoms with Crippen LogP contribution in [0.25, 0.3) is 0 Å². The number of hydrogen-bond donors (Lipinski definition) is 0. The van der Waals surface area contributed by atoms with Gasteiger partial charge in [-0.1, -0.05) is 30.4 Å². The van der Waals surface area contributed by atoms with Gasteiger partial charge in [0.15, 0.2) is 0 Å². The second-order valence-corrected chi connectivity index (χ2v) is 3.23. The summed E-state index contributed by atoms with van der Waals surface area (Å²) in [5.41, 5.74) is 4.04. The summed E-state index contributed by atoms with van der Waals surface area (Å²) in [4.78, 5) is 0. The van der Waals surface area contributed by atoms with E-state index in [1.54, 1.807) is 0 Å². The van der Waals surface area contributed by atoms with Crippen LogP contribution in [0.2, 0.25) is 0 Å². The lowest BCUT2D eigenvalue weighted by Gasteiger charge is -2.18. The molecule has 1 heterocycles. The monoisotopic (exact) mass is 157 g/mol. The lowest BCUT2D eigenvalue weighted by Crippen LogP contribution is -2.11. The molecule has 0 aromatic carbocycles. The summed E-state index contributed by atoms with van der Waals surface area (Å²) in [6, 6.07) is 0. The molecule has 0 spiro atoms. The molecule has 12 heavy (non-hydrogen) atoms. The van der Waals surface area contributed by atoms with Crippen LogP contribution in [0.1, 0.15) is 6.42 Å². The van der Waals surface area contributed by atoms with Crippen molar-refractivity contribution >= 4 is 0 Å². The maximum Gasteiger partial charge on any atom is 0.115 e. The van der Waals surface area contributed by atoms with E-state index < -0.39 is 0 Å². The van der Waals surface area contributed by atoms with Crippen molar-refractivity contribution in [3.05, 3.63) is 53.7 Å². The molecule has 0 aromatic rings. The van der Waals surface area contributed by atoms with Crippen LogP contribution in [0.4, 0.5) is 0 Å². The highest BCUT2D eigenvalue weighted by atomic mass is 16.5. The van der Waals surface area contributed by atoms with Crippen molar-refractivity contribution < 1.29 is 4.74 Å². The SMILES string of the molecule is [CH]1OC2C=CC=C3CC=CC1=C32. The zero-order valence-electron chi connectivity index (χ0n) is 6.66. The zero-order valence-corrected chi connectivity index (χ0v) is 6.66. The molecule has 1 radical (unpaired) electrons. The third-order valence-electron chi connectivity index (χ3n) is 2.50. The maximum absolute atomic E-state index is 5.49. The molecule has 59 valence electrons. The highest BCUT2D eigenvalue weighted by Crippen LogP contribution is 2.38. The van der Waals surface area contributed by atoms with Gasteiger partial charge in [-0.15, -0.1) is 0 Å². The second-order valence-electron chi connectivity index (χ2n) is 3.23. The van der Waals surface area contributed by atoms with Gasteiger partial charge in [-0.05, 0) is 23.1 Å². The van der Waals surface area contributed by atoms with Gasteiger partial charge in [-0.3, -0.25) is 0 Å². The second kappa shape index (κ2) is 2.20. The van der Waals surface area contributed by atoms with E-state index in [0.717, 1.165) is 6.42 Å². The van der Waals surface area contributed by atoms with Gasteiger partial charge >= 0.3 is 0 Å². The van der Waals surface area contributed by atoms with E-state index in [1.807, 2.05) is 6.61 Å². The lowest BCUT2D eigenvalue weighted by atomic mass is 9.87. The molecule has 3 aliphatic rings. The van der Waals surface area contributed by atoms with Crippen LogP contribution in [0.5, 0.6) is 0 Å². The highest BCUT2D eigenvalue weighted by Gasteiger charge is 2.28. The molecular weight excluding hydrogens is 148 g/mol. The first-order chi connectivity index (χ1) is 5.95. The van der Waals surface area contributed by atoms with Crippen molar-refractivity contribution in [1.29, 1.82) is 0 Å². The molecule has 1 unspecified atom stereocenters. The standard InChI is InChI=1S/C11H9O/c1-3-8-4-2-6-10-11(8)9(5-1)7-12-10/h1-2,4-7,10H,3H2. The molecular formula is C11H9O. The number of allylic oxidation sites excluding steroid dienone is 3. The summed E-state index contributed by atoms with van der Waals surface area (Å²) in [7, 11) is 0. The first-order valence-electron chi connectivity index (χ1n) is 4.22. The summed E-state index contributed by atoms with van der Waals surface area (Å²) < 4.78 is 5.49. The predicted molar refractivity (Wildman–Crippen MR) is 47.2 cm³/mol. The van der Waals surface area contributed by atoms with E-state index in [1.165, 1.54) is 16.7 Å². The molecule has 0 N–H and O–H groups in total. The first-order valence-corrected chi connectivity index (χ1v) is 4.22. The molecule has 3 rings (SSSR count). The van der Waals surface area contributed by atoms with Crippen LogP contribution in [0, 0.1) is 6.61 Å². The number of ether oxygens (including phenoxy) is 1. The van der Waals surface area contributed by atoms with Crippen molar-refractivity contribution in [3.63, 3.8) is 0 Å². The summed E-state index contributed by atoms with van der Waals surface area (Å²) in [6.45, 7) is 1.86. The zero-order chi connectivity index (χ0) is 7.97. The van der Waals surface area contributed by atoms with Gasteiger partial charge in [0.2, 0.25) is 0 Å². The van der Waals surface area contributed by atoms with E-state index >= 15 is 0 Å². The predicted octanol–water partition coefficient (Wildman–Crippen LogP) is 2.30. The summed E-state index contributed by atoms with van der Waals surface area (Å²) in [6.07, 6.45) is 11.9. The Bertz CT molecular complexity index is 342. The maximum atomic E-state index is 5.49. The third kappa shape index (κ3) is 0.718. The van der Waals surface area contributed by atoms with Crippen molar-refractivity contribution in [2.45, 2.75) is 12.5 Å². The Morgan fingerprint density at radius 3 is 3.42 bits per heavy atom. The van der Waals surface area contributed by atoms with E-state index in [-0.39, 0.29) is 6.10 Å². The van der Waals surface area contributed by atoms with Gasteiger partial charge in [-0.25, -0.2) is 0 Å². The van der Waals surface area contributed by atoms with Gasteiger partial charge in [-0.2, -0.15) is 0 Å². The van der Waals surface area contributed by atoms with Gasteiger partial charge in [0.1, 0.15) is 12.7 Å². The molecule has 2 aliphatic carbocycles. The molecule has 0 aromatic heterocycles. The molecule has 1 nitrogen and oxygen atoms in total. The highest BCUT2D eigenvalue weighted by molar-refractivity contribution is 5.56. The van der Waals surface area contributed by atoms with Gasteiger partial charge in [0.05, 0.1) is 0 Å². The average molecular weight is 157 g/mol. The van der Waals surface area contributed by atoms with Crippen LogP contribution >= 0.6 is 0 Å². The molecule has 1 aliphatic heterocycles. The Balaban J connectivity index is 2.19. The Kier molecular flexibility index (Phi) is 1.18. The number of hydrogen-bond acceptors (Lipinski definition) is 1. The van der Waals surface area contributed by atoms with E-state index in [4.69, 9.17) is 4.74 Å². The van der Waals surface area contributed by atoms with Crippen LogP contribution < -0.4 is 0 Å². The summed E-state index contributed by atoms with van der Waals surface area (Å²) >= 11 is 0. The van der Waals surface area contributed by atoms with Crippen LogP contribution in [-0.4, -0.2) is 6.10 Å². The van der Waals surface area contributed by atoms with Crippen LogP contribution in [0.15, 0.2) is 47.1 Å². The van der Waals surface area contributed by atoms with Crippen LogP contribution in [0.3, 0.4) is 0 Å².